The van der Waals surface area contributed by atoms with Crippen LogP contribution in [0.2, 0.25) is 5.02 Å². The van der Waals surface area contributed by atoms with E-state index in [4.69, 9.17) is 21.1 Å². The van der Waals surface area contributed by atoms with Crippen LogP contribution in [-0.2, 0) is 19.4 Å². The van der Waals surface area contributed by atoms with Crippen molar-refractivity contribution in [3.63, 3.8) is 0 Å². The lowest BCUT2D eigenvalue weighted by Gasteiger charge is -2.17. The minimum absolute atomic E-state index is 0.204. The Morgan fingerprint density at radius 1 is 1.19 bits per heavy atom. The third-order valence-corrected chi connectivity index (χ3v) is 6.53. The average molecular weight is 449 g/mol. The molecule has 0 atom stereocenters. The highest BCUT2D eigenvalue weighted by Gasteiger charge is 2.19. The van der Waals surface area contributed by atoms with Crippen molar-refractivity contribution >= 4 is 34.6 Å². The Kier molecular flexibility index (Phi) is 5.70. The molecule has 32 heavy (non-hydrogen) atoms. The molecule has 3 aromatic rings. The first kappa shape index (κ1) is 20.8. The lowest BCUT2D eigenvalue weighted by atomic mass is 10.0. The van der Waals surface area contributed by atoms with Gasteiger partial charge in [-0.25, -0.2) is 0 Å². The summed E-state index contributed by atoms with van der Waals surface area (Å²) >= 11 is 6.49. The van der Waals surface area contributed by atoms with Gasteiger partial charge in [-0.1, -0.05) is 35.0 Å². The first-order chi connectivity index (χ1) is 15.6. The van der Waals surface area contributed by atoms with Gasteiger partial charge < -0.3 is 14.7 Å². The van der Waals surface area contributed by atoms with Gasteiger partial charge in [0.25, 0.3) is 5.91 Å². The monoisotopic (exact) mass is 448 g/mol. The third kappa shape index (κ3) is 4.28. The standard InChI is InChI=1S/C25H25ClN4O2/c1-16-22(15-32-29-16)25(31)27-14-17-4-7-23(26)19(10-17)12-20-11-18-5-6-21(13-24(18)28-20)30-8-2-3-9-30/h4-7,10,13,15H,2-3,8-9,11-12,14H2,1H3,(H,27,31). The van der Waals surface area contributed by atoms with Crippen molar-refractivity contribution in [1.29, 1.82) is 0 Å². The van der Waals surface area contributed by atoms with Crippen LogP contribution in [0.5, 0.6) is 0 Å². The molecule has 1 saturated heterocycles. The molecule has 2 aliphatic rings. The Bertz CT molecular complexity index is 1190. The zero-order valence-corrected chi connectivity index (χ0v) is 18.8. The normalized spacial score (nSPS) is 15.1. The van der Waals surface area contributed by atoms with Crippen molar-refractivity contribution in [2.24, 2.45) is 4.99 Å². The second-order valence-corrected chi connectivity index (χ2v) is 8.87. The maximum absolute atomic E-state index is 12.3. The first-order valence-electron chi connectivity index (χ1n) is 11.0. The van der Waals surface area contributed by atoms with Crippen LogP contribution in [0.3, 0.4) is 0 Å². The summed E-state index contributed by atoms with van der Waals surface area (Å²) in [6, 6.07) is 12.5. The van der Waals surface area contributed by atoms with Crippen molar-refractivity contribution in [1.82, 2.24) is 10.5 Å². The zero-order valence-electron chi connectivity index (χ0n) is 18.0. The highest BCUT2D eigenvalue weighted by atomic mass is 35.5. The fourth-order valence-corrected chi connectivity index (χ4v) is 4.58. The zero-order chi connectivity index (χ0) is 22.1. The van der Waals surface area contributed by atoms with E-state index in [0.717, 1.165) is 42.0 Å². The third-order valence-electron chi connectivity index (χ3n) is 6.17. The second kappa shape index (κ2) is 8.79. The van der Waals surface area contributed by atoms with E-state index in [1.54, 1.807) is 6.92 Å². The van der Waals surface area contributed by atoms with Crippen LogP contribution in [0.25, 0.3) is 0 Å². The number of aryl methyl sites for hydroxylation is 1. The van der Waals surface area contributed by atoms with Crippen LogP contribution < -0.4 is 10.2 Å². The highest BCUT2D eigenvalue weighted by molar-refractivity contribution is 6.31. The van der Waals surface area contributed by atoms with E-state index < -0.39 is 0 Å². The molecular formula is C25H25ClN4O2. The molecule has 3 heterocycles. The van der Waals surface area contributed by atoms with Gasteiger partial charge in [0.15, 0.2) is 0 Å². The van der Waals surface area contributed by atoms with Gasteiger partial charge in [-0.2, -0.15) is 0 Å². The van der Waals surface area contributed by atoms with E-state index in [-0.39, 0.29) is 5.91 Å². The van der Waals surface area contributed by atoms with Gasteiger partial charge in [0, 0.05) is 48.9 Å². The van der Waals surface area contributed by atoms with Gasteiger partial charge in [-0.05, 0) is 54.7 Å². The summed E-state index contributed by atoms with van der Waals surface area (Å²) in [5, 5.41) is 7.38. The van der Waals surface area contributed by atoms with E-state index in [0.29, 0.717) is 29.2 Å². The summed E-state index contributed by atoms with van der Waals surface area (Å²) in [4.78, 5) is 19.7. The lowest BCUT2D eigenvalue weighted by molar-refractivity contribution is 0.0949. The smallest absolute Gasteiger partial charge is 0.256 e. The average Bonchev–Trinajstić information content (AvgIpc) is 3.54. The first-order valence-corrected chi connectivity index (χ1v) is 11.4. The highest BCUT2D eigenvalue weighted by Crippen LogP contribution is 2.33. The number of nitrogens with one attached hydrogen (secondary N) is 1. The van der Waals surface area contributed by atoms with Gasteiger partial charge in [0.2, 0.25) is 0 Å². The van der Waals surface area contributed by atoms with Gasteiger partial charge in [0.05, 0.1) is 11.4 Å². The number of halogens is 1. The molecule has 7 heteroatoms. The molecule has 0 radical (unpaired) electrons. The fraction of sp³-hybridized carbons (Fsp3) is 0.320. The Morgan fingerprint density at radius 3 is 2.81 bits per heavy atom. The number of fused-ring (bicyclic) bond motifs is 1. The molecule has 0 unspecified atom stereocenters. The molecule has 0 spiro atoms. The molecule has 1 N–H and O–H groups in total. The van der Waals surface area contributed by atoms with E-state index in [1.165, 1.54) is 30.4 Å². The predicted octanol–water partition coefficient (Wildman–Crippen LogP) is 5.04. The summed E-state index contributed by atoms with van der Waals surface area (Å²) in [5.74, 6) is -0.204. The molecule has 6 nitrogen and oxygen atoms in total. The molecule has 1 fully saturated rings. The summed E-state index contributed by atoms with van der Waals surface area (Å²) in [6.07, 6.45) is 5.43. The van der Waals surface area contributed by atoms with Crippen molar-refractivity contribution in [3.8, 4) is 0 Å². The van der Waals surface area contributed by atoms with E-state index in [1.807, 2.05) is 18.2 Å². The van der Waals surface area contributed by atoms with Crippen molar-refractivity contribution in [2.45, 2.75) is 39.2 Å². The van der Waals surface area contributed by atoms with Crippen LogP contribution in [0, 0.1) is 6.92 Å². The minimum Gasteiger partial charge on any atom is -0.371 e. The number of aliphatic imine (C=N–C) groups is 1. The number of hydrogen-bond donors (Lipinski definition) is 1. The number of carbonyl (C=O) groups excluding carboxylic acids is 1. The molecule has 0 bridgehead atoms. The molecule has 1 amide bonds. The number of anilines is 1. The Balaban J connectivity index is 1.27. The maximum atomic E-state index is 12.3. The number of amides is 1. The van der Waals surface area contributed by atoms with Gasteiger partial charge in [-0.15, -0.1) is 0 Å². The molecule has 0 aliphatic carbocycles. The van der Waals surface area contributed by atoms with Crippen molar-refractivity contribution in [3.05, 3.63) is 75.6 Å². The van der Waals surface area contributed by atoms with Gasteiger partial charge in [-0.3, -0.25) is 9.79 Å². The predicted molar refractivity (Wildman–Crippen MR) is 126 cm³/mol. The summed E-state index contributed by atoms with van der Waals surface area (Å²) < 4.78 is 4.85. The fourth-order valence-electron chi connectivity index (χ4n) is 4.39. The van der Waals surface area contributed by atoms with Crippen LogP contribution in [0.4, 0.5) is 11.4 Å². The van der Waals surface area contributed by atoms with E-state index in [2.05, 4.69) is 33.6 Å². The van der Waals surface area contributed by atoms with E-state index in [9.17, 15) is 4.79 Å². The molecule has 164 valence electrons. The molecular weight excluding hydrogens is 424 g/mol. The molecule has 5 rings (SSSR count). The Morgan fingerprint density at radius 2 is 2.03 bits per heavy atom. The molecule has 0 saturated carbocycles. The SMILES string of the molecule is Cc1nocc1C(=O)NCc1ccc(Cl)c(CC2=Nc3cc(N4CCCC4)ccc3C2)c1. The number of aromatic nitrogens is 1. The topological polar surface area (TPSA) is 70.7 Å². The number of benzene rings is 2. The van der Waals surface area contributed by atoms with Crippen LogP contribution in [-0.4, -0.2) is 29.9 Å². The molecule has 1 aromatic heterocycles. The number of rotatable bonds is 6. The largest absolute Gasteiger partial charge is 0.371 e. The van der Waals surface area contributed by atoms with Crippen LogP contribution >= 0.6 is 11.6 Å². The number of carbonyl (C=O) groups is 1. The van der Waals surface area contributed by atoms with Gasteiger partial charge >= 0.3 is 0 Å². The van der Waals surface area contributed by atoms with Crippen molar-refractivity contribution < 1.29 is 9.32 Å². The number of hydrogen-bond acceptors (Lipinski definition) is 5. The van der Waals surface area contributed by atoms with Gasteiger partial charge in [0.1, 0.15) is 11.8 Å². The Labute approximate surface area is 192 Å². The molecule has 2 aromatic carbocycles. The lowest BCUT2D eigenvalue weighted by Crippen LogP contribution is -2.23. The van der Waals surface area contributed by atoms with Crippen molar-refractivity contribution in [2.75, 3.05) is 18.0 Å². The summed E-state index contributed by atoms with van der Waals surface area (Å²) in [7, 11) is 0. The van der Waals surface area contributed by atoms with E-state index >= 15 is 0 Å². The maximum Gasteiger partial charge on any atom is 0.256 e. The number of nitrogens with zero attached hydrogens (tertiary/aromatic N) is 3. The van der Waals surface area contributed by atoms with Crippen LogP contribution in [0.1, 0.15) is 45.6 Å². The molecule has 2 aliphatic heterocycles. The second-order valence-electron chi connectivity index (χ2n) is 8.46. The van der Waals surface area contributed by atoms with Crippen LogP contribution in [0.15, 0.2) is 52.2 Å². The Hall–Kier alpha value is -3.12. The summed E-state index contributed by atoms with van der Waals surface area (Å²) in [6.45, 7) is 4.41. The minimum atomic E-state index is -0.204. The summed E-state index contributed by atoms with van der Waals surface area (Å²) in [5.41, 5.74) is 7.76. The quantitative estimate of drug-likeness (QED) is 0.573.